The number of amides is 1. The highest BCUT2D eigenvalue weighted by Gasteiger charge is 2.29. The molecule has 3 rings (SSSR count). The smallest absolute Gasteiger partial charge is 0.263 e. The number of rotatable bonds is 6. The molecule has 0 N–H and O–H groups in total. The van der Waals surface area contributed by atoms with Gasteiger partial charge in [-0.05, 0) is 49.3 Å². The van der Waals surface area contributed by atoms with Gasteiger partial charge in [-0.3, -0.25) is 4.79 Å². The van der Waals surface area contributed by atoms with Gasteiger partial charge >= 0.3 is 0 Å². The van der Waals surface area contributed by atoms with E-state index in [-0.39, 0.29) is 5.91 Å². The van der Waals surface area contributed by atoms with Crippen molar-refractivity contribution in [1.29, 1.82) is 0 Å². The Hall–Kier alpha value is -2.00. The Labute approximate surface area is 160 Å². The van der Waals surface area contributed by atoms with Crippen LogP contribution in [-0.2, 0) is 11.2 Å². The van der Waals surface area contributed by atoms with Gasteiger partial charge < -0.3 is 9.64 Å². The Balaban J connectivity index is 1.54. The van der Waals surface area contributed by atoms with Gasteiger partial charge in [-0.1, -0.05) is 61.0 Å². The maximum Gasteiger partial charge on any atom is 0.263 e. The lowest BCUT2D eigenvalue weighted by Gasteiger charge is -2.34. The molecular weight excluding hydrogens is 346 g/mol. The van der Waals surface area contributed by atoms with E-state index in [1.54, 1.807) is 6.07 Å². The first-order valence-corrected chi connectivity index (χ1v) is 9.79. The Bertz CT molecular complexity index is 711. The maximum atomic E-state index is 12.9. The highest BCUT2D eigenvalue weighted by atomic mass is 35.5. The largest absolute Gasteiger partial charge is 0.479 e. The van der Waals surface area contributed by atoms with Crippen LogP contribution in [0.1, 0.15) is 31.7 Å². The molecule has 1 aliphatic heterocycles. The van der Waals surface area contributed by atoms with Crippen LogP contribution in [0.3, 0.4) is 0 Å². The summed E-state index contributed by atoms with van der Waals surface area (Å²) in [6, 6.07) is 17.9. The van der Waals surface area contributed by atoms with E-state index in [2.05, 4.69) is 30.3 Å². The molecule has 1 atom stereocenters. The number of halogens is 1. The van der Waals surface area contributed by atoms with E-state index in [1.807, 2.05) is 30.0 Å². The first-order valence-electron chi connectivity index (χ1n) is 9.41. The van der Waals surface area contributed by atoms with Crippen molar-refractivity contribution in [2.45, 2.75) is 38.7 Å². The van der Waals surface area contributed by atoms with Crippen LogP contribution < -0.4 is 4.74 Å². The average molecular weight is 372 g/mol. The zero-order chi connectivity index (χ0) is 18.4. The molecule has 1 heterocycles. The second-order valence-corrected chi connectivity index (χ2v) is 7.31. The molecule has 0 bridgehead atoms. The molecule has 0 radical (unpaired) electrons. The standard InChI is InChI=1S/C22H26ClNO2/c1-2-20(26-21-11-7-6-10-19(21)23)22(25)24-14-12-18(13-15-24)16-17-8-4-3-5-9-17/h3-11,18,20H,2,12-16H2,1H3/t20-/m0/s1. The molecule has 0 saturated carbocycles. The van der Waals surface area contributed by atoms with E-state index in [9.17, 15) is 4.79 Å². The summed E-state index contributed by atoms with van der Waals surface area (Å²) in [6.07, 6.45) is 3.34. The lowest BCUT2D eigenvalue weighted by molar-refractivity contribution is -0.140. The lowest BCUT2D eigenvalue weighted by atomic mass is 9.90. The zero-order valence-electron chi connectivity index (χ0n) is 15.2. The highest BCUT2D eigenvalue weighted by Crippen LogP contribution is 2.27. The van der Waals surface area contributed by atoms with Crippen LogP contribution in [0.2, 0.25) is 5.02 Å². The molecule has 0 aliphatic carbocycles. The van der Waals surface area contributed by atoms with E-state index >= 15 is 0 Å². The van der Waals surface area contributed by atoms with Crippen LogP contribution in [0.5, 0.6) is 5.75 Å². The molecule has 2 aromatic rings. The molecule has 26 heavy (non-hydrogen) atoms. The summed E-state index contributed by atoms with van der Waals surface area (Å²) in [4.78, 5) is 14.8. The number of piperidine rings is 1. The summed E-state index contributed by atoms with van der Waals surface area (Å²) < 4.78 is 5.91. The van der Waals surface area contributed by atoms with E-state index < -0.39 is 6.10 Å². The second-order valence-electron chi connectivity index (χ2n) is 6.90. The number of likely N-dealkylation sites (tertiary alicyclic amines) is 1. The summed E-state index contributed by atoms with van der Waals surface area (Å²) >= 11 is 6.16. The topological polar surface area (TPSA) is 29.5 Å². The van der Waals surface area contributed by atoms with Gasteiger partial charge in [0.1, 0.15) is 5.75 Å². The first-order chi connectivity index (χ1) is 12.7. The third kappa shape index (κ3) is 4.79. The van der Waals surface area contributed by atoms with Gasteiger partial charge in [0.2, 0.25) is 0 Å². The molecule has 4 heteroatoms. The van der Waals surface area contributed by atoms with Crippen molar-refractivity contribution in [2.75, 3.05) is 13.1 Å². The molecule has 138 valence electrons. The molecule has 0 aromatic heterocycles. The average Bonchev–Trinajstić information content (AvgIpc) is 2.68. The zero-order valence-corrected chi connectivity index (χ0v) is 16.0. The summed E-state index contributed by atoms with van der Waals surface area (Å²) in [5.74, 6) is 1.30. The number of benzene rings is 2. The fourth-order valence-corrected chi connectivity index (χ4v) is 3.69. The number of carbonyl (C=O) groups excluding carboxylic acids is 1. The van der Waals surface area contributed by atoms with E-state index in [0.29, 0.717) is 23.1 Å². The van der Waals surface area contributed by atoms with Gasteiger partial charge in [0, 0.05) is 13.1 Å². The van der Waals surface area contributed by atoms with Gasteiger partial charge in [0.25, 0.3) is 5.91 Å². The number of ether oxygens (including phenoxy) is 1. The van der Waals surface area contributed by atoms with Crippen LogP contribution in [0.15, 0.2) is 54.6 Å². The fraction of sp³-hybridized carbons (Fsp3) is 0.409. The molecule has 3 nitrogen and oxygen atoms in total. The van der Waals surface area contributed by atoms with Crippen LogP contribution in [-0.4, -0.2) is 30.0 Å². The van der Waals surface area contributed by atoms with Crippen molar-refractivity contribution in [2.24, 2.45) is 5.92 Å². The Kier molecular flexibility index (Phi) is 6.56. The van der Waals surface area contributed by atoms with Gasteiger partial charge in [-0.2, -0.15) is 0 Å². The molecule has 2 aromatic carbocycles. The maximum absolute atomic E-state index is 12.9. The van der Waals surface area contributed by atoms with Crippen molar-refractivity contribution >= 4 is 17.5 Å². The Morgan fingerprint density at radius 2 is 1.77 bits per heavy atom. The van der Waals surface area contributed by atoms with Crippen molar-refractivity contribution < 1.29 is 9.53 Å². The van der Waals surface area contributed by atoms with Gasteiger partial charge in [-0.15, -0.1) is 0 Å². The molecule has 1 fully saturated rings. The second kappa shape index (κ2) is 9.09. The van der Waals surface area contributed by atoms with Crippen LogP contribution in [0, 0.1) is 5.92 Å². The van der Waals surface area contributed by atoms with Crippen LogP contribution in [0.25, 0.3) is 0 Å². The monoisotopic (exact) mass is 371 g/mol. The summed E-state index contributed by atoms with van der Waals surface area (Å²) in [5.41, 5.74) is 1.38. The minimum absolute atomic E-state index is 0.0746. The predicted molar refractivity (Wildman–Crippen MR) is 106 cm³/mol. The van der Waals surface area contributed by atoms with E-state index in [1.165, 1.54) is 5.56 Å². The van der Waals surface area contributed by atoms with Gasteiger partial charge in [-0.25, -0.2) is 0 Å². The number of hydrogen-bond donors (Lipinski definition) is 0. The quantitative estimate of drug-likeness (QED) is 0.716. The van der Waals surface area contributed by atoms with Gasteiger partial charge in [0.15, 0.2) is 6.10 Å². The minimum atomic E-state index is -0.472. The third-order valence-electron chi connectivity index (χ3n) is 5.05. The van der Waals surface area contributed by atoms with Crippen molar-refractivity contribution in [1.82, 2.24) is 4.90 Å². The number of carbonyl (C=O) groups is 1. The van der Waals surface area contributed by atoms with Gasteiger partial charge in [0.05, 0.1) is 5.02 Å². The fourth-order valence-electron chi connectivity index (χ4n) is 3.51. The van der Waals surface area contributed by atoms with Crippen LogP contribution >= 0.6 is 11.6 Å². The highest BCUT2D eigenvalue weighted by molar-refractivity contribution is 6.32. The Morgan fingerprint density at radius 1 is 1.12 bits per heavy atom. The predicted octanol–water partition coefficient (Wildman–Crippen LogP) is 4.98. The molecule has 1 amide bonds. The lowest BCUT2D eigenvalue weighted by Crippen LogP contribution is -2.45. The molecule has 0 unspecified atom stereocenters. The van der Waals surface area contributed by atoms with Crippen LogP contribution in [0.4, 0.5) is 0 Å². The molecule has 1 saturated heterocycles. The molecule has 0 spiro atoms. The first kappa shape index (κ1) is 18.8. The number of hydrogen-bond acceptors (Lipinski definition) is 2. The van der Waals surface area contributed by atoms with Crippen molar-refractivity contribution in [3.05, 3.63) is 65.2 Å². The summed E-state index contributed by atoms with van der Waals surface area (Å²) in [7, 11) is 0. The van der Waals surface area contributed by atoms with Crippen molar-refractivity contribution in [3.8, 4) is 5.75 Å². The summed E-state index contributed by atoms with van der Waals surface area (Å²) in [5, 5.41) is 0.542. The normalized spacial score (nSPS) is 16.3. The van der Waals surface area contributed by atoms with E-state index in [4.69, 9.17) is 16.3 Å². The minimum Gasteiger partial charge on any atom is -0.479 e. The summed E-state index contributed by atoms with van der Waals surface area (Å²) in [6.45, 7) is 3.58. The van der Waals surface area contributed by atoms with E-state index in [0.717, 1.165) is 32.4 Å². The molecule has 1 aliphatic rings. The SMILES string of the molecule is CC[C@H](Oc1ccccc1Cl)C(=O)N1CCC(Cc2ccccc2)CC1. The molecular formula is C22H26ClNO2. The van der Waals surface area contributed by atoms with Crippen molar-refractivity contribution in [3.63, 3.8) is 0 Å². The third-order valence-corrected chi connectivity index (χ3v) is 5.36. The number of para-hydroxylation sites is 1. The Morgan fingerprint density at radius 3 is 2.42 bits per heavy atom. The number of nitrogens with zero attached hydrogens (tertiary/aromatic N) is 1.